The van der Waals surface area contributed by atoms with E-state index in [1.807, 2.05) is 0 Å². The molecule has 150 heavy (non-hydrogen) atoms. The van der Waals surface area contributed by atoms with Crippen LogP contribution in [0.3, 0.4) is 0 Å². The van der Waals surface area contributed by atoms with Crippen LogP contribution in [0.4, 0.5) is 0 Å². The smallest absolute Gasteiger partial charge is 0.145 e. The zero-order valence-corrected chi connectivity index (χ0v) is 79.8. The molecule has 0 aliphatic rings. The molecule has 0 amide bonds. The number of furan rings is 4. The molecular weight excluding hydrogens is 1830 g/mol. The number of aromatic nitrogens is 8. The van der Waals surface area contributed by atoms with Crippen LogP contribution in [-0.4, -0.2) is 36.0 Å². The average Bonchev–Trinajstić information content (AvgIpc) is 1.50. The lowest BCUT2D eigenvalue weighted by Crippen LogP contribution is -1.95. The summed E-state index contributed by atoms with van der Waals surface area (Å²) in [5, 5.41) is 33.9. The third-order valence-electron chi connectivity index (χ3n) is 34.3. The van der Waals surface area contributed by atoms with Crippen LogP contribution >= 0.6 is 0 Å². The van der Waals surface area contributed by atoms with Crippen molar-refractivity contribution >= 4 is 311 Å². The van der Waals surface area contributed by atoms with E-state index in [2.05, 4.69) is 473 Å². The summed E-state index contributed by atoms with van der Waals surface area (Å²) in [4.78, 5) is 0. The van der Waals surface area contributed by atoms with Crippen LogP contribution in [0.25, 0.3) is 362 Å². The van der Waals surface area contributed by atoms with Crippen molar-refractivity contribution < 1.29 is 17.7 Å². The fraction of sp³-hybridized carbons (Fsp3) is 0. The first-order valence-electron chi connectivity index (χ1n) is 51.6. The topological polar surface area (TPSA) is 90.4 Å². The fourth-order valence-corrected chi connectivity index (χ4v) is 28.7. The van der Waals surface area contributed by atoms with E-state index in [4.69, 9.17) is 17.7 Å². The van der Waals surface area contributed by atoms with Crippen LogP contribution in [0.15, 0.2) is 454 Å². The third kappa shape index (κ3) is 9.25. The lowest BCUT2D eigenvalue weighted by molar-refractivity contribution is 0.669. The van der Waals surface area contributed by atoms with Gasteiger partial charge in [-0.1, -0.05) is 255 Å². The standard InChI is InChI=1S/C138H72N8O4/c1-5-29-75(30-6-1)140-99-45-21-13-37-80(99)85-60-64-105-118(129(85)140)96-70-108-117(90-43-17-24-48-102(90)139(108)79-56-53-73(54-57-79)94-68-95-84-41-19-27-51-111(84)150-138(95)122-98-72-114-120(91-44-20-28-52-112(91)147-114)128-125-107(146(132(94)122)135(98)128)66-62-88-83-40-18-26-50-110(83)149-137(88)125)126-124-109(145(105)133(96)126)69-93(116-89-42-16-25-49-103(89)143(136(116)124)78-35-11-4-12-36-78)74-55-58-92-113(67-74)148-115-71-97-119-104(63-59-86-81-38-14-22-46-100(81)141(130(86)119)76-31-7-2-8-32-76)144-106-65-61-87-82-39-15-23-47-101(82)142(77-33-9-3-10-34-77)131(87)123(106)127(121(92)115)134(97)144/h1-72H. The highest BCUT2D eigenvalue weighted by atomic mass is 16.3. The molecule has 0 radical (unpaired) electrons. The first-order chi connectivity index (χ1) is 74.5. The van der Waals surface area contributed by atoms with Gasteiger partial charge in [0.2, 0.25) is 0 Å². The summed E-state index contributed by atoms with van der Waals surface area (Å²) >= 11 is 0. The molecule has 0 saturated carbocycles. The predicted molar refractivity (Wildman–Crippen MR) is 622 cm³/mol. The molecule has 38 rings (SSSR count). The lowest BCUT2D eigenvalue weighted by atomic mass is 9.94. The second-order valence-corrected chi connectivity index (χ2v) is 41.3. The van der Waals surface area contributed by atoms with E-state index in [0.717, 1.165) is 281 Å². The van der Waals surface area contributed by atoms with Crippen molar-refractivity contribution in [2.45, 2.75) is 0 Å². The quantitative estimate of drug-likeness (QED) is 0.159. The van der Waals surface area contributed by atoms with Crippen molar-refractivity contribution in [2.75, 3.05) is 0 Å². The van der Waals surface area contributed by atoms with E-state index in [1.54, 1.807) is 0 Å². The lowest BCUT2D eigenvalue weighted by Gasteiger charge is -2.13. The van der Waals surface area contributed by atoms with E-state index in [0.29, 0.717) is 0 Å². The highest BCUT2D eigenvalue weighted by molar-refractivity contribution is 6.47. The van der Waals surface area contributed by atoms with Crippen LogP contribution in [0.5, 0.6) is 0 Å². The Morgan fingerprint density at radius 1 is 0.127 bits per heavy atom. The molecule has 688 valence electrons. The van der Waals surface area contributed by atoms with Crippen molar-refractivity contribution in [1.82, 2.24) is 36.0 Å². The van der Waals surface area contributed by atoms with Gasteiger partial charge in [0.15, 0.2) is 0 Å². The Kier molecular flexibility index (Phi) is 14.0. The molecule has 23 aromatic carbocycles. The van der Waals surface area contributed by atoms with Crippen LogP contribution < -0.4 is 0 Å². The average molecular weight is 1910 g/mol. The maximum atomic E-state index is 7.94. The minimum absolute atomic E-state index is 0.805. The Morgan fingerprint density at radius 2 is 0.487 bits per heavy atom. The molecule has 38 aromatic rings. The van der Waals surface area contributed by atoms with Gasteiger partial charge in [0.05, 0.1) is 116 Å². The molecule has 15 heterocycles. The van der Waals surface area contributed by atoms with Gasteiger partial charge in [0, 0.05) is 185 Å². The van der Waals surface area contributed by atoms with E-state index < -0.39 is 0 Å². The summed E-state index contributed by atoms with van der Waals surface area (Å²) < 4.78 is 49.9. The molecule has 0 saturated heterocycles. The Hall–Kier alpha value is -20.3. The van der Waals surface area contributed by atoms with Crippen molar-refractivity contribution in [1.29, 1.82) is 0 Å². The zero-order chi connectivity index (χ0) is 96.5. The number of hydrogen-bond donors (Lipinski definition) is 0. The van der Waals surface area contributed by atoms with Gasteiger partial charge >= 0.3 is 0 Å². The Balaban J connectivity index is 0.630. The van der Waals surface area contributed by atoms with Gasteiger partial charge < -0.3 is 53.7 Å². The van der Waals surface area contributed by atoms with Gasteiger partial charge in [0.25, 0.3) is 0 Å². The fourth-order valence-electron chi connectivity index (χ4n) is 28.7. The predicted octanol–water partition coefficient (Wildman–Crippen LogP) is 37.6. The first kappa shape index (κ1) is 77.3. The molecular formula is C138H72N8O4. The summed E-state index contributed by atoms with van der Waals surface area (Å²) in [5.41, 5.74) is 37.7. The summed E-state index contributed by atoms with van der Waals surface area (Å²) in [7, 11) is 0. The number of benzene rings is 23. The van der Waals surface area contributed by atoms with Crippen molar-refractivity contribution in [3.05, 3.63) is 437 Å². The maximum Gasteiger partial charge on any atom is 0.145 e. The number of hydrogen-bond acceptors (Lipinski definition) is 4. The van der Waals surface area contributed by atoms with Gasteiger partial charge in [-0.25, -0.2) is 0 Å². The summed E-state index contributed by atoms with van der Waals surface area (Å²) in [5.74, 6) is 0. The van der Waals surface area contributed by atoms with Gasteiger partial charge in [0.1, 0.15) is 44.7 Å². The minimum Gasteiger partial charge on any atom is -0.456 e. The van der Waals surface area contributed by atoms with Crippen molar-refractivity contribution in [3.63, 3.8) is 0 Å². The monoisotopic (exact) mass is 1900 g/mol. The van der Waals surface area contributed by atoms with E-state index >= 15 is 0 Å². The number of para-hydroxylation sites is 12. The summed E-state index contributed by atoms with van der Waals surface area (Å²) in [6.45, 7) is 0. The summed E-state index contributed by atoms with van der Waals surface area (Å²) in [6, 6.07) is 162. The summed E-state index contributed by atoms with van der Waals surface area (Å²) in [6.07, 6.45) is 0. The maximum absolute atomic E-state index is 7.94. The molecule has 0 atom stereocenters. The molecule has 0 aliphatic heterocycles. The first-order valence-corrected chi connectivity index (χ1v) is 51.6. The highest BCUT2D eigenvalue weighted by Gasteiger charge is 2.37. The van der Waals surface area contributed by atoms with Gasteiger partial charge in [-0.15, -0.1) is 0 Å². The highest BCUT2D eigenvalue weighted by Crippen LogP contribution is 2.60. The largest absolute Gasteiger partial charge is 0.456 e. The number of fused-ring (bicyclic) bond motifs is 54. The Labute approximate surface area is 846 Å². The molecule has 0 unspecified atom stereocenters. The molecule has 12 nitrogen and oxygen atoms in total. The molecule has 0 spiro atoms. The Bertz CT molecular complexity index is 13000. The molecule has 0 aliphatic carbocycles. The van der Waals surface area contributed by atoms with Crippen LogP contribution in [-0.2, 0) is 0 Å². The molecule has 0 N–H and O–H groups in total. The van der Waals surface area contributed by atoms with E-state index in [9.17, 15) is 0 Å². The third-order valence-corrected chi connectivity index (χ3v) is 34.3. The number of rotatable bonds is 7. The van der Waals surface area contributed by atoms with Crippen molar-refractivity contribution in [2.24, 2.45) is 0 Å². The second kappa shape index (κ2) is 27.2. The Morgan fingerprint density at radius 3 is 1.04 bits per heavy atom. The minimum atomic E-state index is 0.805. The van der Waals surface area contributed by atoms with Crippen LogP contribution in [0.1, 0.15) is 0 Å². The molecule has 15 aromatic heterocycles. The van der Waals surface area contributed by atoms with Crippen LogP contribution in [0, 0.1) is 0 Å². The number of nitrogens with zero attached hydrogens (tertiary/aromatic N) is 8. The van der Waals surface area contributed by atoms with Gasteiger partial charge in [-0.3, -0.25) is 0 Å². The SMILES string of the molecule is c1ccc(-n2c3ccccc3c3ccc4c(c5cc6oc7cc(-c8cc9c(c%10c%11c%12ccccc%12n(-c%12ccc(-c%13cc%14c%15ccccc%15oc%14c%14c%15cc%16oc%17ccccc%17c%16c%16c%17c%18oc%19ccccc%19c%18ccc%17n(c%13%14)c%15%16)cc%12)c%11cc%11c%12c%13c(ccc%12n9c%11%10)c9ccccc9n%13-c9ccccc9)c9c8c8ccccc8n9-c8ccccc8)ccc7c6c6c7c8c(ccc7n4c56)c4ccccc4n8-c4ccccc4)c32)cc1. The van der Waals surface area contributed by atoms with Crippen LogP contribution in [0.2, 0.25) is 0 Å². The van der Waals surface area contributed by atoms with E-state index in [1.165, 1.54) is 81.1 Å². The normalized spacial score (nSPS) is 12.9. The van der Waals surface area contributed by atoms with Gasteiger partial charge in [-0.2, -0.15) is 0 Å². The zero-order valence-electron chi connectivity index (χ0n) is 79.8. The van der Waals surface area contributed by atoms with Crippen molar-refractivity contribution in [3.8, 4) is 50.7 Å². The second-order valence-electron chi connectivity index (χ2n) is 41.3. The molecule has 0 bridgehead atoms. The van der Waals surface area contributed by atoms with Gasteiger partial charge in [-0.05, 0) is 199 Å². The molecule has 12 heteroatoms. The molecule has 0 fully saturated rings. The van der Waals surface area contributed by atoms with E-state index in [-0.39, 0.29) is 0 Å².